The van der Waals surface area contributed by atoms with E-state index in [1.54, 1.807) is 0 Å². The van der Waals surface area contributed by atoms with Crippen molar-refractivity contribution < 1.29 is 4.79 Å². The van der Waals surface area contributed by atoms with Crippen LogP contribution in [0.25, 0.3) is 0 Å². The van der Waals surface area contributed by atoms with Crippen LogP contribution < -0.4 is 16.4 Å². The summed E-state index contributed by atoms with van der Waals surface area (Å²) in [5, 5.41) is 6.00. The molecule has 4 N–H and O–H groups in total. The van der Waals surface area contributed by atoms with Crippen molar-refractivity contribution in [2.45, 2.75) is 45.4 Å². The molecule has 1 aliphatic rings. The lowest BCUT2D eigenvalue weighted by atomic mass is 9.85. The molecular weight excluding hydrogens is 228 g/mol. The fraction of sp³-hybridized carbons (Fsp3) is 0.846. The lowest BCUT2D eigenvalue weighted by molar-refractivity contribution is -0.127. The van der Waals surface area contributed by atoms with Gasteiger partial charge < -0.3 is 16.4 Å². The van der Waals surface area contributed by atoms with E-state index in [-0.39, 0.29) is 11.8 Å². The monoisotopic (exact) mass is 254 g/mol. The molecule has 0 spiro atoms. The van der Waals surface area contributed by atoms with Gasteiger partial charge in [-0.15, -0.1) is 0 Å². The average molecular weight is 254 g/mol. The summed E-state index contributed by atoms with van der Waals surface area (Å²) in [5.41, 5.74) is 5.69. The number of aliphatic imine (C=N–C) groups is 1. The Morgan fingerprint density at radius 2 is 2.00 bits per heavy atom. The Labute approximate surface area is 110 Å². The number of nitrogens with one attached hydrogen (secondary N) is 2. The number of amides is 1. The average Bonchev–Trinajstić information content (AvgIpc) is 2.26. The second-order valence-electron chi connectivity index (χ2n) is 4.82. The normalized spacial score (nSPS) is 16.2. The first-order valence-corrected chi connectivity index (χ1v) is 7.05. The zero-order valence-corrected chi connectivity index (χ0v) is 11.4. The lowest BCUT2D eigenvalue weighted by Crippen LogP contribution is -2.35. The summed E-state index contributed by atoms with van der Waals surface area (Å²) in [5.74, 6) is 0.988. The van der Waals surface area contributed by atoms with Crippen LogP contribution in [0.4, 0.5) is 0 Å². The number of guanidine groups is 1. The molecule has 0 aromatic carbocycles. The molecule has 1 rings (SSSR count). The summed E-state index contributed by atoms with van der Waals surface area (Å²) in [6, 6.07) is 0. The smallest absolute Gasteiger partial charge is 0.223 e. The fourth-order valence-electron chi connectivity index (χ4n) is 1.75. The van der Waals surface area contributed by atoms with Gasteiger partial charge in [-0.3, -0.25) is 9.79 Å². The van der Waals surface area contributed by atoms with Gasteiger partial charge >= 0.3 is 0 Å². The second kappa shape index (κ2) is 8.78. The Balaban J connectivity index is 1.96. The van der Waals surface area contributed by atoms with Crippen LogP contribution in [0.5, 0.6) is 0 Å². The Bertz CT molecular complexity index is 274. The van der Waals surface area contributed by atoms with Crippen molar-refractivity contribution in [3.8, 4) is 0 Å². The van der Waals surface area contributed by atoms with Crippen molar-refractivity contribution in [1.29, 1.82) is 0 Å². The van der Waals surface area contributed by atoms with Crippen LogP contribution in [0.15, 0.2) is 4.99 Å². The molecule has 18 heavy (non-hydrogen) atoms. The van der Waals surface area contributed by atoms with Crippen molar-refractivity contribution in [2.24, 2.45) is 16.6 Å². The molecule has 0 bridgehead atoms. The van der Waals surface area contributed by atoms with E-state index in [9.17, 15) is 4.79 Å². The molecule has 0 saturated heterocycles. The standard InChI is InChI=1S/C13H26N4O/c1-2-3-8-16-13(14)17-10-5-9-15-12(18)11-6-4-7-11/h11H,2-10H2,1H3,(H,15,18)(H3,14,16,17). The lowest BCUT2D eigenvalue weighted by Gasteiger charge is -2.23. The van der Waals surface area contributed by atoms with Gasteiger partial charge in [0.05, 0.1) is 0 Å². The van der Waals surface area contributed by atoms with Gasteiger partial charge in [-0.25, -0.2) is 0 Å². The third kappa shape index (κ3) is 5.89. The number of hydrogen-bond acceptors (Lipinski definition) is 2. The number of rotatable bonds is 8. The molecule has 0 aliphatic heterocycles. The number of nitrogens with two attached hydrogens (primary N) is 1. The van der Waals surface area contributed by atoms with Crippen molar-refractivity contribution in [2.75, 3.05) is 19.6 Å². The number of carbonyl (C=O) groups is 1. The van der Waals surface area contributed by atoms with E-state index >= 15 is 0 Å². The van der Waals surface area contributed by atoms with Gasteiger partial charge in [0.25, 0.3) is 0 Å². The Morgan fingerprint density at radius 3 is 2.61 bits per heavy atom. The van der Waals surface area contributed by atoms with Crippen LogP contribution >= 0.6 is 0 Å². The first-order valence-electron chi connectivity index (χ1n) is 7.05. The minimum Gasteiger partial charge on any atom is -0.370 e. The van der Waals surface area contributed by atoms with Crippen LogP contribution in [-0.2, 0) is 4.79 Å². The van der Waals surface area contributed by atoms with Crippen molar-refractivity contribution in [1.82, 2.24) is 10.6 Å². The second-order valence-corrected chi connectivity index (χ2v) is 4.82. The first-order chi connectivity index (χ1) is 8.74. The molecule has 0 aromatic heterocycles. The number of carbonyl (C=O) groups excluding carboxylic acids is 1. The molecule has 1 amide bonds. The number of unbranched alkanes of at least 4 members (excludes halogenated alkanes) is 1. The predicted octanol–water partition coefficient (Wildman–Crippen LogP) is 0.997. The molecule has 1 saturated carbocycles. The van der Waals surface area contributed by atoms with E-state index in [0.717, 1.165) is 38.6 Å². The van der Waals surface area contributed by atoms with Crippen molar-refractivity contribution in [3.63, 3.8) is 0 Å². The maximum Gasteiger partial charge on any atom is 0.223 e. The van der Waals surface area contributed by atoms with Gasteiger partial charge in [-0.2, -0.15) is 0 Å². The third-order valence-corrected chi connectivity index (χ3v) is 3.23. The highest BCUT2D eigenvalue weighted by Gasteiger charge is 2.24. The molecule has 1 aliphatic carbocycles. The largest absolute Gasteiger partial charge is 0.370 e. The highest BCUT2D eigenvalue weighted by molar-refractivity contribution is 5.79. The molecule has 5 heteroatoms. The highest BCUT2D eigenvalue weighted by Crippen LogP contribution is 2.25. The van der Waals surface area contributed by atoms with Crippen LogP contribution in [0.2, 0.25) is 0 Å². The van der Waals surface area contributed by atoms with Crippen molar-refractivity contribution in [3.05, 3.63) is 0 Å². The van der Waals surface area contributed by atoms with E-state index in [4.69, 9.17) is 5.73 Å². The summed E-state index contributed by atoms with van der Waals surface area (Å²) < 4.78 is 0. The van der Waals surface area contributed by atoms with Crippen molar-refractivity contribution >= 4 is 11.9 Å². The molecule has 104 valence electrons. The molecule has 0 atom stereocenters. The minimum absolute atomic E-state index is 0.208. The molecule has 0 unspecified atom stereocenters. The summed E-state index contributed by atoms with van der Waals surface area (Å²) in [7, 11) is 0. The molecule has 1 fully saturated rings. The number of nitrogens with zero attached hydrogens (tertiary/aromatic N) is 1. The van der Waals surface area contributed by atoms with Crippen LogP contribution in [0.3, 0.4) is 0 Å². The van der Waals surface area contributed by atoms with Gasteiger partial charge in [0.15, 0.2) is 5.96 Å². The first kappa shape index (κ1) is 14.8. The topological polar surface area (TPSA) is 79.5 Å². The molecule has 5 nitrogen and oxygen atoms in total. The summed E-state index contributed by atoms with van der Waals surface area (Å²) in [4.78, 5) is 15.7. The van der Waals surface area contributed by atoms with Gasteiger partial charge in [0.1, 0.15) is 0 Å². The highest BCUT2D eigenvalue weighted by atomic mass is 16.1. The molecule has 0 radical (unpaired) electrons. The van der Waals surface area contributed by atoms with E-state index < -0.39 is 0 Å². The summed E-state index contributed by atoms with van der Waals surface area (Å²) in [6.07, 6.45) is 6.40. The fourth-order valence-corrected chi connectivity index (χ4v) is 1.75. The van der Waals surface area contributed by atoms with Gasteiger partial charge in [0, 0.05) is 25.6 Å². The van der Waals surface area contributed by atoms with E-state index in [1.807, 2.05) is 0 Å². The predicted molar refractivity (Wildman–Crippen MR) is 74.4 cm³/mol. The quantitative estimate of drug-likeness (QED) is 0.343. The van der Waals surface area contributed by atoms with Gasteiger partial charge in [0.2, 0.25) is 5.91 Å². The van der Waals surface area contributed by atoms with Crippen LogP contribution in [-0.4, -0.2) is 31.5 Å². The Morgan fingerprint density at radius 1 is 1.28 bits per heavy atom. The van der Waals surface area contributed by atoms with Crippen LogP contribution in [0.1, 0.15) is 45.4 Å². The van der Waals surface area contributed by atoms with E-state index in [0.29, 0.717) is 19.0 Å². The SMILES string of the molecule is CCCCNC(N)=NCCCNC(=O)C1CCC1. The van der Waals surface area contributed by atoms with Gasteiger partial charge in [-0.05, 0) is 25.7 Å². The molecule has 0 aromatic rings. The zero-order chi connectivity index (χ0) is 13.2. The summed E-state index contributed by atoms with van der Waals surface area (Å²) in [6.45, 7) is 4.38. The zero-order valence-electron chi connectivity index (χ0n) is 11.4. The Kier molecular flexibility index (Phi) is 7.22. The molecular formula is C13H26N4O. The third-order valence-electron chi connectivity index (χ3n) is 3.23. The number of hydrogen-bond donors (Lipinski definition) is 3. The minimum atomic E-state index is 0.208. The molecule has 0 heterocycles. The maximum atomic E-state index is 11.5. The van der Waals surface area contributed by atoms with Gasteiger partial charge in [-0.1, -0.05) is 19.8 Å². The van der Waals surface area contributed by atoms with E-state index in [1.165, 1.54) is 6.42 Å². The maximum absolute atomic E-state index is 11.5. The van der Waals surface area contributed by atoms with E-state index in [2.05, 4.69) is 22.5 Å². The summed E-state index contributed by atoms with van der Waals surface area (Å²) >= 11 is 0. The van der Waals surface area contributed by atoms with Crippen LogP contribution in [0, 0.1) is 5.92 Å². The Hall–Kier alpha value is -1.26.